The average Bonchev–Trinajstić information content (AvgIpc) is 2.89. The highest BCUT2D eigenvalue weighted by Gasteiger charge is 2.35. The van der Waals surface area contributed by atoms with Crippen LogP contribution in [-0.4, -0.2) is 36.4 Å². The first-order valence-corrected chi connectivity index (χ1v) is 8.16. The number of aliphatic carboxylic acids is 1. The molecule has 0 amide bonds. The van der Waals surface area contributed by atoms with Gasteiger partial charge in [-0.25, -0.2) is 8.42 Å². The van der Waals surface area contributed by atoms with Gasteiger partial charge in [-0.15, -0.1) is 0 Å². The third kappa shape index (κ3) is 3.02. The molecule has 0 saturated heterocycles. The van der Waals surface area contributed by atoms with Gasteiger partial charge in [0.15, 0.2) is 0 Å². The number of carboxylic acid groups (broad SMARTS) is 1. The zero-order chi connectivity index (χ0) is 14.8. The summed E-state index contributed by atoms with van der Waals surface area (Å²) in [6, 6.07) is 6.49. The fourth-order valence-corrected chi connectivity index (χ4v) is 4.57. The monoisotopic (exact) mass is 297 g/mol. The Labute approximate surface area is 119 Å². The van der Waals surface area contributed by atoms with Crippen LogP contribution >= 0.6 is 0 Å². The Bertz CT molecular complexity index is 591. The fraction of sp³-hybridized carbons (Fsp3) is 0.500. The highest BCUT2D eigenvalue weighted by Crippen LogP contribution is 2.29. The number of rotatable bonds is 5. The average molecular weight is 297 g/mol. The lowest BCUT2D eigenvalue weighted by atomic mass is 10.2. The molecule has 0 spiro atoms. The number of carbonyl (C=O) groups is 1. The van der Waals surface area contributed by atoms with Crippen molar-refractivity contribution in [2.24, 2.45) is 0 Å². The van der Waals surface area contributed by atoms with Crippen molar-refractivity contribution in [1.29, 1.82) is 0 Å². The van der Waals surface area contributed by atoms with Gasteiger partial charge in [0.1, 0.15) is 6.54 Å². The summed E-state index contributed by atoms with van der Waals surface area (Å²) < 4.78 is 26.6. The molecule has 0 atom stereocenters. The van der Waals surface area contributed by atoms with E-state index in [4.69, 9.17) is 5.11 Å². The third-order valence-electron chi connectivity index (χ3n) is 3.70. The van der Waals surface area contributed by atoms with E-state index in [0.29, 0.717) is 5.56 Å². The molecule has 0 aliphatic heterocycles. The molecule has 1 aromatic rings. The molecule has 20 heavy (non-hydrogen) atoms. The van der Waals surface area contributed by atoms with E-state index in [0.717, 1.165) is 30.0 Å². The number of benzene rings is 1. The molecule has 0 heterocycles. The van der Waals surface area contributed by atoms with E-state index in [1.165, 1.54) is 6.07 Å². The molecule has 6 heteroatoms. The second-order valence-corrected chi connectivity index (χ2v) is 7.01. The summed E-state index contributed by atoms with van der Waals surface area (Å²) in [6.07, 6.45) is 3.37. The summed E-state index contributed by atoms with van der Waals surface area (Å²) in [7, 11) is -3.76. The van der Waals surface area contributed by atoms with Crippen LogP contribution in [0.4, 0.5) is 0 Å². The molecule has 0 unspecified atom stereocenters. The van der Waals surface area contributed by atoms with Crippen LogP contribution in [-0.2, 0) is 14.8 Å². The maximum atomic E-state index is 12.7. The molecule has 1 N–H and O–H groups in total. The third-order valence-corrected chi connectivity index (χ3v) is 5.76. The lowest BCUT2D eigenvalue weighted by molar-refractivity contribution is -0.137. The molecule has 5 nitrogen and oxygen atoms in total. The maximum Gasteiger partial charge on any atom is 0.318 e. The van der Waals surface area contributed by atoms with E-state index in [1.54, 1.807) is 25.1 Å². The summed E-state index contributed by atoms with van der Waals surface area (Å²) in [6.45, 7) is 1.25. The van der Waals surface area contributed by atoms with Crippen LogP contribution in [0.3, 0.4) is 0 Å². The van der Waals surface area contributed by atoms with Gasteiger partial charge in [-0.3, -0.25) is 4.79 Å². The Morgan fingerprint density at radius 3 is 2.45 bits per heavy atom. The number of aryl methyl sites for hydroxylation is 1. The minimum atomic E-state index is -3.76. The van der Waals surface area contributed by atoms with Crippen molar-refractivity contribution in [2.75, 3.05) is 6.54 Å². The number of sulfonamides is 1. The van der Waals surface area contributed by atoms with E-state index in [-0.39, 0.29) is 10.9 Å². The first-order chi connectivity index (χ1) is 9.43. The van der Waals surface area contributed by atoms with Crippen molar-refractivity contribution in [1.82, 2.24) is 4.31 Å². The molecule has 1 aliphatic carbocycles. The maximum absolute atomic E-state index is 12.7. The topological polar surface area (TPSA) is 74.7 Å². The standard InChI is InChI=1S/C14H19NO4S/c1-11-6-2-5-9-13(11)20(18,19)15(10-14(16)17)12-7-3-4-8-12/h2,5-6,9,12H,3-4,7-8,10H2,1H3,(H,16,17). The summed E-state index contributed by atoms with van der Waals surface area (Å²) in [5.41, 5.74) is 0.640. The normalized spacial score (nSPS) is 16.7. The minimum Gasteiger partial charge on any atom is -0.480 e. The Morgan fingerprint density at radius 2 is 1.90 bits per heavy atom. The fourth-order valence-electron chi connectivity index (χ4n) is 2.71. The van der Waals surface area contributed by atoms with E-state index in [2.05, 4.69) is 0 Å². The summed E-state index contributed by atoms with van der Waals surface area (Å²) >= 11 is 0. The van der Waals surface area contributed by atoms with Crippen molar-refractivity contribution in [3.05, 3.63) is 29.8 Å². The van der Waals surface area contributed by atoms with E-state index >= 15 is 0 Å². The van der Waals surface area contributed by atoms with Gasteiger partial charge >= 0.3 is 5.97 Å². The van der Waals surface area contributed by atoms with Gasteiger partial charge in [-0.1, -0.05) is 31.0 Å². The van der Waals surface area contributed by atoms with Crippen molar-refractivity contribution in [3.63, 3.8) is 0 Å². The van der Waals surface area contributed by atoms with Gasteiger partial charge < -0.3 is 5.11 Å². The Balaban J connectivity index is 2.41. The minimum absolute atomic E-state index is 0.198. The Morgan fingerprint density at radius 1 is 1.30 bits per heavy atom. The summed E-state index contributed by atoms with van der Waals surface area (Å²) in [4.78, 5) is 11.2. The van der Waals surface area contributed by atoms with Crippen LogP contribution in [0.1, 0.15) is 31.2 Å². The van der Waals surface area contributed by atoms with E-state index < -0.39 is 22.5 Å². The van der Waals surface area contributed by atoms with Gasteiger partial charge in [0.25, 0.3) is 0 Å². The Kier molecular flexibility index (Phi) is 4.45. The highest BCUT2D eigenvalue weighted by atomic mass is 32.2. The summed E-state index contributed by atoms with van der Waals surface area (Å²) in [5.74, 6) is -1.12. The number of hydrogen-bond donors (Lipinski definition) is 1. The van der Waals surface area contributed by atoms with Crippen LogP contribution < -0.4 is 0 Å². The number of hydrogen-bond acceptors (Lipinski definition) is 3. The van der Waals surface area contributed by atoms with Crippen molar-refractivity contribution in [2.45, 2.75) is 43.5 Å². The first-order valence-electron chi connectivity index (χ1n) is 6.72. The molecule has 1 aromatic carbocycles. The molecule has 110 valence electrons. The second kappa shape index (κ2) is 5.93. The predicted octanol–water partition coefficient (Wildman–Crippen LogP) is 2.01. The Hall–Kier alpha value is -1.40. The van der Waals surface area contributed by atoms with Gasteiger partial charge in [0.05, 0.1) is 4.90 Å². The smallest absolute Gasteiger partial charge is 0.318 e. The van der Waals surface area contributed by atoms with Crippen LogP contribution in [0.2, 0.25) is 0 Å². The molecular weight excluding hydrogens is 278 g/mol. The second-order valence-electron chi connectivity index (χ2n) is 5.15. The zero-order valence-electron chi connectivity index (χ0n) is 11.4. The van der Waals surface area contributed by atoms with E-state index in [9.17, 15) is 13.2 Å². The molecule has 0 bridgehead atoms. The van der Waals surface area contributed by atoms with Gasteiger partial charge in [0, 0.05) is 6.04 Å². The van der Waals surface area contributed by atoms with Crippen molar-refractivity contribution < 1.29 is 18.3 Å². The van der Waals surface area contributed by atoms with Crippen molar-refractivity contribution >= 4 is 16.0 Å². The van der Waals surface area contributed by atoms with Gasteiger partial charge in [0.2, 0.25) is 10.0 Å². The predicted molar refractivity (Wildman–Crippen MR) is 75.0 cm³/mol. The lowest BCUT2D eigenvalue weighted by Gasteiger charge is -2.27. The molecule has 0 radical (unpaired) electrons. The molecular formula is C14H19NO4S. The van der Waals surface area contributed by atoms with Crippen LogP contribution in [0.15, 0.2) is 29.2 Å². The number of carboxylic acids is 1. The SMILES string of the molecule is Cc1ccccc1S(=O)(=O)N(CC(=O)O)C1CCCC1. The van der Waals surface area contributed by atoms with Crippen LogP contribution in [0, 0.1) is 6.92 Å². The van der Waals surface area contributed by atoms with Crippen LogP contribution in [0.25, 0.3) is 0 Å². The zero-order valence-corrected chi connectivity index (χ0v) is 12.3. The molecule has 1 saturated carbocycles. The van der Waals surface area contributed by atoms with Gasteiger partial charge in [-0.2, -0.15) is 4.31 Å². The largest absolute Gasteiger partial charge is 0.480 e. The van der Waals surface area contributed by atoms with E-state index in [1.807, 2.05) is 0 Å². The highest BCUT2D eigenvalue weighted by molar-refractivity contribution is 7.89. The molecule has 1 fully saturated rings. The quantitative estimate of drug-likeness (QED) is 0.902. The molecule has 0 aromatic heterocycles. The first kappa shape index (κ1) is 15.0. The van der Waals surface area contributed by atoms with Crippen molar-refractivity contribution in [3.8, 4) is 0 Å². The molecule has 1 aliphatic rings. The van der Waals surface area contributed by atoms with Crippen LogP contribution in [0.5, 0.6) is 0 Å². The summed E-state index contributed by atoms with van der Waals surface area (Å²) in [5, 5.41) is 9.02. The lowest BCUT2D eigenvalue weighted by Crippen LogP contribution is -2.42. The number of nitrogens with zero attached hydrogens (tertiary/aromatic N) is 1. The van der Waals surface area contributed by atoms with Gasteiger partial charge in [-0.05, 0) is 31.4 Å². The molecule has 2 rings (SSSR count).